The monoisotopic (exact) mass is 516 g/mol. The van der Waals surface area contributed by atoms with E-state index in [9.17, 15) is 19.2 Å². The molecule has 38 heavy (non-hydrogen) atoms. The maximum Gasteiger partial charge on any atom is 0.408 e. The van der Waals surface area contributed by atoms with E-state index in [0.717, 1.165) is 11.1 Å². The summed E-state index contributed by atoms with van der Waals surface area (Å²) in [6.07, 6.45) is -0.599. The van der Waals surface area contributed by atoms with Crippen molar-refractivity contribution >= 4 is 23.8 Å². The minimum Gasteiger partial charge on any atom is -0.467 e. The first-order valence-electron chi connectivity index (χ1n) is 12.3. The van der Waals surface area contributed by atoms with Crippen LogP contribution < -0.4 is 10.6 Å². The van der Waals surface area contributed by atoms with Crippen LogP contribution in [0.15, 0.2) is 84.9 Å². The number of ether oxygens (including phenoxy) is 2. The van der Waals surface area contributed by atoms with Gasteiger partial charge in [-0.3, -0.25) is 9.59 Å². The first-order chi connectivity index (χ1) is 18.3. The molecule has 0 unspecified atom stereocenters. The highest BCUT2D eigenvalue weighted by molar-refractivity contribution is 6.08. The van der Waals surface area contributed by atoms with Gasteiger partial charge in [0.1, 0.15) is 18.7 Å². The van der Waals surface area contributed by atoms with Gasteiger partial charge in [0.15, 0.2) is 5.78 Å². The molecule has 0 saturated carbocycles. The lowest BCUT2D eigenvalue weighted by Gasteiger charge is -2.24. The molecule has 0 radical (unpaired) electrons. The van der Waals surface area contributed by atoms with E-state index < -0.39 is 30.1 Å². The number of amides is 2. The molecule has 8 heteroatoms. The average molecular weight is 517 g/mol. The number of nitrogens with one attached hydrogen (secondary N) is 2. The number of methoxy groups -OCH3 is 1. The van der Waals surface area contributed by atoms with Gasteiger partial charge >= 0.3 is 12.1 Å². The van der Waals surface area contributed by atoms with Crippen LogP contribution in [0.3, 0.4) is 0 Å². The number of alkyl carbamates (subject to hydrolysis) is 1. The number of carbonyl (C=O) groups is 4. The topological polar surface area (TPSA) is 111 Å². The fraction of sp³-hybridized carbons (Fsp3) is 0.267. The van der Waals surface area contributed by atoms with E-state index in [1.807, 2.05) is 36.4 Å². The molecule has 2 atom stereocenters. The third-order valence-corrected chi connectivity index (χ3v) is 5.93. The Balaban J connectivity index is 1.63. The van der Waals surface area contributed by atoms with Crippen LogP contribution in [0, 0.1) is 5.92 Å². The fourth-order valence-electron chi connectivity index (χ4n) is 3.81. The molecule has 0 aliphatic heterocycles. The van der Waals surface area contributed by atoms with Crippen molar-refractivity contribution in [2.24, 2.45) is 5.92 Å². The summed E-state index contributed by atoms with van der Waals surface area (Å²) in [5.74, 6) is -1.55. The molecule has 0 heterocycles. The first kappa shape index (κ1) is 28.1. The van der Waals surface area contributed by atoms with Gasteiger partial charge in [-0.15, -0.1) is 0 Å². The SMILES string of the molecule is COC(=O)[C@@H](Cc1ccc(C(=O)c2ccccc2)cc1)NC(=O)[C@@H](NC(=O)OCc1ccccc1)C(C)C. The summed E-state index contributed by atoms with van der Waals surface area (Å²) in [5.41, 5.74) is 2.63. The number of ketones is 1. The van der Waals surface area contributed by atoms with E-state index in [4.69, 9.17) is 9.47 Å². The number of hydrogen-bond acceptors (Lipinski definition) is 6. The summed E-state index contributed by atoms with van der Waals surface area (Å²) >= 11 is 0. The zero-order valence-electron chi connectivity index (χ0n) is 21.7. The number of rotatable bonds is 11. The summed E-state index contributed by atoms with van der Waals surface area (Å²) in [6.45, 7) is 3.61. The molecule has 0 aliphatic rings. The molecule has 2 N–H and O–H groups in total. The first-order valence-corrected chi connectivity index (χ1v) is 12.3. The molecular formula is C30H32N2O6. The number of hydrogen-bond donors (Lipinski definition) is 2. The summed E-state index contributed by atoms with van der Waals surface area (Å²) in [5, 5.41) is 5.27. The van der Waals surface area contributed by atoms with E-state index >= 15 is 0 Å². The van der Waals surface area contributed by atoms with E-state index in [-0.39, 0.29) is 24.7 Å². The van der Waals surface area contributed by atoms with Crippen molar-refractivity contribution in [1.29, 1.82) is 0 Å². The van der Waals surface area contributed by atoms with Gasteiger partial charge < -0.3 is 20.1 Å². The van der Waals surface area contributed by atoms with Crippen molar-refractivity contribution < 1.29 is 28.7 Å². The van der Waals surface area contributed by atoms with Gasteiger partial charge in [0.05, 0.1) is 7.11 Å². The van der Waals surface area contributed by atoms with Gasteiger partial charge in [0.2, 0.25) is 5.91 Å². The Hall–Kier alpha value is -4.46. The van der Waals surface area contributed by atoms with Crippen LogP contribution in [0.1, 0.15) is 40.9 Å². The van der Waals surface area contributed by atoms with Crippen molar-refractivity contribution in [3.05, 3.63) is 107 Å². The lowest BCUT2D eigenvalue weighted by Crippen LogP contribution is -2.54. The van der Waals surface area contributed by atoms with Crippen molar-refractivity contribution in [2.75, 3.05) is 7.11 Å². The Morgan fingerprint density at radius 1 is 0.737 bits per heavy atom. The second-order valence-electron chi connectivity index (χ2n) is 9.11. The lowest BCUT2D eigenvalue weighted by molar-refractivity contribution is -0.145. The predicted octanol–water partition coefficient (Wildman–Crippen LogP) is 4.07. The van der Waals surface area contributed by atoms with Gasteiger partial charge in [-0.2, -0.15) is 0 Å². The highest BCUT2D eigenvalue weighted by Gasteiger charge is 2.30. The molecule has 0 spiro atoms. The van der Waals surface area contributed by atoms with Gasteiger partial charge in [0, 0.05) is 17.5 Å². The molecule has 3 rings (SSSR count). The molecule has 2 amide bonds. The number of carbonyl (C=O) groups excluding carboxylic acids is 4. The van der Waals surface area contributed by atoms with E-state index in [0.29, 0.717) is 11.1 Å². The molecule has 8 nitrogen and oxygen atoms in total. The second kappa shape index (κ2) is 13.7. The Kier molecular flexibility index (Phi) is 10.2. The Morgan fingerprint density at radius 3 is 1.89 bits per heavy atom. The largest absolute Gasteiger partial charge is 0.467 e. The zero-order valence-corrected chi connectivity index (χ0v) is 21.7. The van der Waals surface area contributed by atoms with Crippen LogP contribution in [0.2, 0.25) is 0 Å². The lowest BCUT2D eigenvalue weighted by atomic mass is 9.99. The van der Waals surface area contributed by atoms with Crippen molar-refractivity contribution in [1.82, 2.24) is 10.6 Å². The van der Waals surface area contributed by atoms with E-state index in [2.05, 4.69) is 10.6 Å². The minimum atomic E-state index is -0.994. The van der Waals surface area contributed by atoms with Gasteiger partial charge in [-0.1, -0.05) is 98.8 Å². The second-order valence-corrected chi connectivity index (χ2v) is 9.11. The molecule has 0 saturated heterocycles. The van der Waals surface area contributed by atoms with Crippen LogP contribution in [0.5, 0.6) is 0 Å². The van der Waals surface area contributed by atoms with Crippen LogP contribution in [-0.2, 0) is 32.1 Å². The standard InChI is InChI=1S/C30H32N2O6/c1-20(2)26(32-30(36)38-19-22-10-6-4-7-11-22)28(34)31-25(29(35)37-3)18-21-14-16-24(17-15-21)27(33)23-12-8-5-9-13-23/h4-17,20,25-26H,18-19H2,1-3H3,(H,31,34)(H,32,36)/t25-,26+/m1/s1. The normalized spacial score (nSPS) is 12.2. The van der Waals surface area contributed by atoms with Crippen LogP contribution in [0.4, 0.5) is 4.79 Å². The quantitative estimate of drug-likeness (QED) is 0.294. The third-order valence-electron chi connectivity index (χ3n) is 5.93. The van der Waals surface area contributed by atoms with Crippen molar-refractivity contribution in [2.45, 2.75) is 39.0 Å². The summed E-state index contributed by atoms with van der Waals surface area (Å²) in [7, 11) is 1.24. The van der Waals surface area contributed by atoms with Crippen LogP contribution in [0.25, 0.3) is 0 Å². The van der Waals surface area contributed by atoms with Crippen molar-refractivity contribution in [3.63, 3.8) is 0 Å². The molecule has 0 fully saturated rings. The molecule has 0 aromatic heterocycles. The van der Waals surface area contributed by atoms with Crippen LogP contribution >= 0.6 is 0 Å². The molecule has 3 aromatic carbocycles. The summed E-state index contributed by atoms with van der Waals surface area (Å²) in [6, 6.07) is 23.0. The van der Waals surface area contributed by atoms with Crippen LogP contribution in [-0.4, -0.2) is 42.9 Å². The summed E-state index contributed by atoms with van der Waals surface area (Å²) < 4.78 is 10.1. The molecular weight excluding hydrogens is 484 g/mol. The molecule has 198 valence electrons. The third kappa shape index (κ3) is 8.03. The fourth-order valence-corrected chi connectivity index (χ4v) is 3.81. The summed E-state index contributed by atoms with van der Waals surface area (Å²) in [4.78, 5) is 50.6. The Bertz CT molecular complexity index is 1230. The van der Waals surface area contributed by atoms with E-state index in [1.54, 1.807) is 62.4 Å². The smallest absolute Gasteiger partial charge is 0.408 e. The molecule has 0 bridgehead atoms. The van der Waals surface area contributed by atoms with Gasteiger partial charge in [-0.05, 0) is 17.0 Å². The molecule has 3 aromatic rings. The average Bonchev–Trinajstić information content (AvgIpc) is 2.94. The highest BCUT2D eigenvalue weighted by atomic mass is 16.5. The maximum absolute atomic E-state index is 13.1. The van der Waals surface area contributed by atoms with Crippen molar-refractivity contribution in [3.8, 4) is 0 Å². The molecule has 0 aliphatic carbocycles. The predicted molar refractivity (Wildman–Crippen MR) is 142 cm³/mol. The maximum atomic E-state index is 13.1. The van der Waals surface area contributed by atoms with Gasteiger partial charge in [0.25, 0.3) is 0 Å². The number of esters is 1. The Morgan fingerprint density at radius 2 is 1.32 bits per heavy atom. The highest BCUT2D eigenvalue weighted by Crippen LogP contribution is 2.13. The number of benzene rings is 3. The zero-order chi connectivity index (χ0) is 27.5. The minimum absolute atomic E-state index is 0.0622. The Labute approximate surface area is 222 Å². The van der Waals surface area contributed by atoms with E-state index in [1.165, 1.54) is 7.11 Å². The van der Waals surface area contributed by atoms with Gasteiger partial charge in [-0.25, -0.2) is 9.59 Å².